The first-order chi connectivity index (χ1) is 12.1. The van der Waals surface area contributed by atoms with Crippen LogP contribution in [0.4, 0.5) is 0 Å². The first-order valence-corrected chi connectivity index (χ1v) is 7.82. The lowest BCUT2D eigenvalue weighted by Crippen LogP contribution is -2.34. The second-order valence-electron chi connectivity index (χ2n) is 5.66. The zero-order valence-corrected chi connectivity index (χ0v) is 13.7. The van der Waals surface area contributed by atoms with Crippen LogP contribution in [0.25, 0.3) is 11.3 Å². The van der Waals surface area contributed by atoms with Gasteiger partial charge in [-0.25, -0.2) is 0 Å². The molecule has 3 aromatic rings. The van der Waals surface area contributed by atoms with Crippen LogP contribution in [-0.4, -0.2) is 22.1 Å². The van der Waals surface area contributed by atoms with E-state index in [1.165, 1.54) is 10.6 Å². The maximum absolute atomic E-state index is 12.1. The second-order valence-corrected chi connectivity index (χ2v) is 5.66. The van der Waals surface area contributed by atoms with Gasteiger partial charge in [-0.15, -0.1) is 0 Å². The number of rotatable bonds is 5. The minimum absolute atomic E-state index is 0.0109. The molecule has 0 saturated heterocycles. The van der Waals surface area contributed by atoms with Gasteiger partial charge in [-0.3, -0.25) is 9.59 Å². The molecular formula is C19H18N2O4. The molecular weight excluding hydrogens is 320 g/mol. The molecule has 0 saturated carbocycles. The van der Waals surface area contributed by atoms with Crippen LogP contribution in [0.2, 0.25) is 0 Å². The van der Waals surface area contributed by atoms with Crippen LogP contribution in [0.1, 0.15) is 22.0 Å². The average molecular weight is 338 g/mol. The summed E-state index contributed by atoms with van der Waals surface area (Å²) in [6, 6.07) is 14.0. The molecule has 25 heavy (non-hydrogen) atoms. The molecule has 1 atom stereocenters. The molecule has 0 fully saturated rings. The summed E-state index contributed by atoms with van der Waals surface area (Å²) in [7, 11) is 1.58. The van der Waals surface area contributed by atoms with Gasteiger partial charge in [0, 0.05) is 25.4 Å². The number of hydrogen-bond acceptors (Lipinski definition) is 4. The SMILES string of the molecule is Cn1cccc(C(=O)NC[C@H](O)c2ccc(-c3ccco3)cc2)c1=O. The topological polar surface area (TPSA) is 84.5 Å². The fourth-order valence-corrected chi connectivity index (χ4v) is 2.48. The minimum atomic E-state index is -0.873. The number of carbonyl (C=O) groups excluding carboxylic acids is 1. The van der Waals surface area contributed by atoms with Gasteiger partial charge in [-0.05, 0) is 29.8 Å². The van der Waals surface area contributed by atoms with Gasteiger partial charge in [-0.2, -0.15) is 0 Å². The van der Waals surface area contributed by atoms with Crippen LogP contribution in [0, 0.1) is 0 Å². The number of aryl methyl sites for hydroxylation is 1. The Labute approximate surface area is 144 Å². The third-order valence-corrected chi connectivity index (χ3v) is 3.93. The van der Waals surface area contributed by atoms with Gasteiger partial charge in [0.2, 0.25) is 0 Å². The van der Waals surface area contributed by atoms with E-state index in [0.29, 0.717) is 5.56 Å². The predicted molar refractivity (Wildman–Crippen MR) is 93.1 cm³/mol. The Morgan fingerprint density at radius 3 is 2.64 bits per heavy atom. The molecule has 0 bridgehead atoms. The van der Waals surface area contributed by atoms with E-state index < -0.39 is 12.0 Å². The standard InChI is InChI=1S/C19H18N2O4/c1-21-10-2-4-15(19(21)24)18(23)20-12-16(22)13-6-8-14(9-7-13)17-5-3-11-25-17/h2-11,16,22H,12H2,1H3,(H,20,23)/t16-/m0/s1. The lowest BCUT2D eigenvalue weighted by atomic mass is 10.1. The van der Waals surface area contributed by atoms with Crippen molar-refractivity contribution in [1.82, 2.24) is 9.88 Å². The van der Waals surface area contributed by atoms with Gasteiger partial charge in [0.25, 0.3) is 11.5 Å². The molecule has 0 radical (unpaired) electrons. The number of carbonyl (C=O) groups is 1. The first kappa shape index (κ1) is 16.7. The number of pyridine rings is 1. The summed E-state index contributed by atoms with van der Waals surface area (Å²) in [5.74, 6) is 0.238. The molecule has 0 unspecified atom stereocenters. The maximum atomic E-state index is 12.1. The number of aliphatic hydroxyl groups excluding tert-OH is 1. The van der Waals surface area contributed by atoms with Crippen molar-refractivity contribution in [1.29, 1.82) is 0 Å². The molecule has 6 nitrogen and oxygen atoms in total. The van der Waals surface area contributed by atoms with E-state index >= 15 is 0 Å². The summed E-state index contributed by atoms with van der Waals surface area (Å²) < 4.78 is 6.65. The van der Waals surface area contributed by atoms with Gasteiger partial charge in [0.1, 0.15) is 11.3 Å². The van der Waals surface area contributed by atoms with Gasteiger partial charge in [0.05, 0.1) is 12.4 Å². The highest BCUT2D eigenvalue weighted by atomic mass is 16.3. The maximum Gasteiger partial charge on any atom is 0.263 e. The Balaban J connectivity index is 1.64. The molecule has 2 heterocycles. The van der Waals surface area contributed by atoms with Crippen molar-refractivity contribution in [2.45, 2.75) is 6.10 Å². The van der Waals surface area contributed by atoms with Gasteiger partial charge in [0.15, 0.2) is 0 Å². The van der Waals surface area contributed by atoms with Gasteiger partial charge < -0.3 is 19.4 Å². The van der Waals surface area contributed by atoms with Crippen LogP contribution in [0.5, 0.6) is 0 Å². The molecule has 0 aliphatic carbocycles. The van der Waals surface area contributed by atoms with E-state index in [9.17, 15) is 14.7 Å². The van der Waals surface area contributed by atoms with Crippen molar-refractivity contribution >= 4 is 5.91 Å². The summed E-state index contributed by atoms with van der Waals surface area (Å²) in [6.07, 6.45) is 2.30. The summed E-state index contributed by atoms with van der Waals surface area (Å²) in [5.41, 5.74) is 1.23. The first-order valence-electron chi connectivity index (χ1n) is 7.82. The van der Waals surface area contributed by atoms with E-state index in [0.717, 1.165) is 11.3 Å². The Morgan fingerprint density at radius 1 is 1.20 bits per heavy atom. The third kappa shape index (κ3) is 3.70. The summed E-state index contributed by atoms with van der Waals surface area (Å²) >= 11 is 0. The molecule has 6 heteroatoms. The number of nitrogens with one attached hydrogen (secondary N) is 1. The fourth-order valence-electron chi connectivity index (χ4n) is 2.48. The highest BCUT2D eigenvalue weighted by molar-refractivity contribution is 5.93. The monoisotopic (exact) mass is 338 g/mol. The molecule has 0 aliphatic rings. The molecule has 128 valence electrons. The molecule has 2 N–H and O–H groups in total. The molecule has 1 aromatic carbocycles. The smallest absolute Gasteiger partial charge is 0.263 e. The quantitative estimate of drug-likeness (QED) is 0.746. The van der Waals surface area contributed by atoms with E-state index in [2.05, 4.69) is 5.32 Å². The molecule has 2 aromatic heterocycles. The summed E-state index contributed by atoms with van der Waals surface area (Å²) in [6.45, 7) is 0.0109. The normalized spacial score (nSPS) is 11.9. The number of aromatic nitrogens is 1. The number of aliphatic hydroxyl groups is 1. The Hall–Kier alpha value is -3.12. The van der Waals surface area contributed by atoms with Crippen molar-refractivity contribution < 1.29 is 14.3 Å². The number of benzene rings is 1. The molecule has 0 spiro atoms. The van der Waals surface area contributed by atoms with Gasteiger partial charge in [-0.1, -0.05) is 24.3 Å². The lowest BCUT2D eigenvalue weighted by molar-refractivity contribution is 0.0914. The van der Waals surface area contributed by atoms with Crippen LogP contribution in [0.15, 0.2) is 70.2 Å². The Morgan fingerprint density at radius 2 is 1.96 bits per heavy atom. The van der Waals surface area contributed by atoms with Crippen LogP contribution < -0.4 is 10.9 Å². The van der Waals surface area contributed by atoms with Crippen molar-refractivity contribution in [3.05, 3.63) is 82.5 Å². The number of hydrogen-bond donors (Lipinski definition) is 2. The number of nitrogens with zero attached hydrogens (tertiary/aromatic N) is 1. The largest absolute Gasteiger partial charge is 0.464 e. The van der Waals surface area contributed by atoms with Crippen molar-refractivity contribution in [2.24, 2.45) is 7.05 Å². The number of amides is 1. The minimum Gasteiger partial charge on any atom is -0.464 e. The molecule has 3 rings (SSSR count). The van der Waals surface area contributed by atoms with Crippen LogP contribution in [-0.2, 0) is 7.05 Å². The molecule has 1 amide bonds. The highest BCUT2D eigenvalue weighted by Crippen LogP contribution is 2.22. The van der Waals surface area contributed by atoms with E-state index in [-0.39, 0.29) is 17.7 Å². The highest BCUT2D eigenvalue weighted by Gasteiger charge is 2.14. The fraction of sp³-hybridized carbons (Fsp3) is 0.158. The predicted octanol–water partition coefficient (Wildman–Crippen LogP) is 2.11. The van der Waals surface area contributed by atoms with Crippen LogP contribution in [0.3, 0.4) is 0 Å². The van der Waals surface area contributed by atoms with E-state index in [1.807, 2.05) is 24.3 Å². The lowest BCUT2D eigenvalue weighted by Gasteiger charge is -2.13. The van der Waals surface area contributed by atoms with E-state index in [4.69, 9.17) is 4.42 Å². The molecule has 0 aliphatic heterocycles. The second kappa shape index (κ2) is 7.19. The number of furan rings is 1. The average Bonchev–Trinajstić information content (AvgIpc) is 3.16. The Kier molecular flexibility index (Phi) is 4.81. The van der Waals surface area contributed by atoms with Crippen molar-refractivity contribution in [3.63, 3.8) is 0 Å². The van der Waals surface area contributed by atoms with Crippen molar-refractivity contribution in [2.75, 3.05) is 6.54 Å². The van der Waals surface area contributed by atoms with Gasteiger partial charge >= 0.3 is 0 Å². The third-order valence-electron chi connectivity index (χ3n) is 3.93. The summed E-state index contributed by atoms with van der Waals surface area (Å²) in [4.78, 5) is 24.0. The zero-order chi connectivity index (χ0) is 17.8. The van der Waals surface area contributed by atoms with Crippen molar-refractivity contribution in [3.8, 4) is 11.3 Å². The van der Waals surface area contributed by atoms with E-state index in [1.54, 1.807) is 37.7 Å². The zero-order valence-electron chi connectivity index (χ0n) is 13.7. The van der Waals surface area contributed by atoms with Crippen LogP contribution >= 0.6 is 0 Å². The Bertz CT molecular complexity index is 911. The summed E-state index contributed by atoms with van der Waals surface area (Å²) in [5, 5.41) is 12.8.